The van der Waals surface area contributed by atoms with Gasteiger partial charge < -0.3 is 15.2 Å². The lowest BCUT2D eigenvalue weighted by molar-refractivity contribution is -0.119. The number of hydrogen-bond donors (Lipinski definition) is 2. The molecule has 1 amide bonds. The van der Waals surface area contributed by atoms with Gasteiger partial charge in [0.25, 0.3) is 0 Å². The largest absolute Gasteiger partial charge is 0.504 e. The third kappa shape index (κ3) is 5.80. The van der Waals surface area contributed by atoms with E-state index in [-0.39, 0.29) is 17.6 Å². The van der Waals surface area contributed by atoms with Crippen molar-refractivity contribution in [3.8, 4) is 11.5 Å². The summed E-state index contributed by atoms with van der Waals surface area (Å²) < 4.78 is 5.04. The Morgan fingerprint density at radius 1 is 1.36 bits per heavy atom. The smallest absolute Gasteiger partial charge is 0.227 e. The second kappa shape index (κ2) is 9.13. The number of aromatic hydroxyl groups is 1. The van der Waals surface area contributed by atoms with Crippen LogP contribution in [0.25, 0.3) is 0 Å². The number of anilines is 1. The molecule has 0 aliphatic heterocycles. The predicted molar refractivity (Wildman–Crippen MR) is 90.3 cm³/mol. The Kier molecular flexibility index (Phi) is 7.50. The van der Waals surface area contributed by atoms with Gasteiger partial charge in [0.2, 0.25) is 5.91 Å². The summed E-state index contributed by atoms with van der Waals surface area (Å²) in [5.41, 5.74) is 0.630. The molecule has 2 atom stereocenters. The zero-order valence-electron chi connectivity index (χ0n) is 13.9. The van der Waals surface area contributed by atoms with Crippen molar-refractivity contribution in [2.45, 2.75) is 40.0 Å². The quantitative estimate of drug-likeness (QED) is 0.554. The number of carbonyl (C=O) groups excluding carboxylic acids is 1. The van der Waals surface area contributed by atoms with Crippen molar-refractivity contribution in [1.29, 1.82) is 0 Å². The average Bonchev–Trinajstić information content (AvgIpc) is 2.49. The van der Waals surface area contributed by atoms with Gasteiger partial charge in [-0.2, -0.15) is 0 Å². The van der Waals surface area contributed by atoms with Gasteiger partial charge in [-0.1, -0.05) is 32.9 Å². The molecule has 2 unspecified atom stereocenters. The number of allylic oxidation sites excluding steroid dienone is 2. The van der Waals surface area contributed by atoms with Gasteiger partial charge >= 0.3 is 0 Å². The highest BCUT2D eigenvalue weighted by Gasteiger charge is 2.16. The molecule has 0 saturated heterocycles. The number of phenolic OH excluding ortho intramolecular Hbond substituents is 1. The third-order valence-corrected chi connectivity index (χ3v) is 3.59. The Morgan fingerprint density at radius 3 is 2.73 bits per heavy atom. The summed E-state index contributed by atoms with van der Waals surface area (Å²) in [5.74, 6) is 0.801. The maximum atomic E-state index is 12.2. The first-order chi connectivity index (χ1) is 10.5. The summed E-state index contributed by atoms with van der Waals surface area (Å²) in [4.78, 5) is 12.2. The van der Waals surface area contributed by atoms with Crippen molar-refractivity contribution < 1.29 is 14.6 Å². The number of amides is 1. The van der Waals surface area contributed by atoms with E-state index < -0.39 is 0 Å². The van der Waals surface area contributed by atoms with Crippen LogP contribution in [-0.4, -0.2) is 18.1 Å². The molecule has 0 saturated carbocycles. The van der Waals surface area contributed by atoms with Gasteiger partial charge in [0, 0.05) is 17.7 Å². The topological polar surface area (TPSA) is 58.6 Å². The Balaban J connectivity index is 2.55. The Morgan fingerprint density at radius 2 is 2.09 bits per heavy atom. The minimum Gasteiger partial charge on any atom is -0.504 e. The molecular formula is C18H27NO3. The molecule has 0 aliphatic carbocycles. The van der Waals surface area contributed by atoms with E-state index in [2.05, 4.69) is 31.3 Å². The van der Waals surface area contributed by atoms with Gasteiger partial charge in [0.15, 0.2) is 11.5 Å². The van der Waals surface area contributed by atoms with Crippen molar-refractivity contribution in [2.75, 3.05) is 12.4 Å². The van der Waals surface area contributed by atoms with Crippen molar-refractivity contribution in [3.63, 3.8) is 0 Å². The SMILES string of the molecule is CCC=CCC(C)CC(C)C(=O)Nc1ccc(O)c(OC)c1. The fourth-order valence-corrected chi connectivity index (χ4v) is 2.32. The molecule has 1 aromatic carbocycles. The Hall–Kier alpha value is -1.97. The van der Waals surface area contributed by atoms with Crippen LogP contribution >= 0.6 is 0 Å². The van der Waals surface area contributed by atoms with Gasteiger partial charge in [-0.05, 0) is 37.3 Å². The lowest BCUT2D eigenvalue weighted by atomic mass is 9.94. The molecule has 0 bridgehead atoms. The average molecular weight is 305 g/mol. The number of benzene rings is 1. The monoisotopic (exact) mass is 305 g/mol. The molecule has 0 radical (unpaired) electrons. The molecule has 0 aromatic heterocycles. The normalized spacial score (nSPS) is 13.8. The number of nitrogens with one attached hydrogen (secondary N) is 1. The van der Waals surface area contributed by atoms with E-state index >= 15 is 0 Å². The van der Waals surface area contributed by atoms with Crippen LogP contribution < -0.4 is 10.1 Å². The first kappa shape index (κ1) is 18.1. The molecule has 1 aromatic rings. The summed E-state index contributed by atoms with van der Waals surface area (Å²) in [7, 11) is 1.48. The highest BCUT2D eigenvalue weighted by Crippen LogP contribution is 2.29. The van der Waals surface area contributed by atoms with Crippen molar-refractivity contribution in [1.82, 2.24) is 0 Å². The standard InChI is InChI=1S/C18H27NO3/c1-5-6-7-8-13(2)11-14(3)18(21)19-15-9-10-16(20)17(12-15)22-4/h6-7,9-10,12-14,20H,5,8,11H2,1-4H3,(H,19,21). The van der Waals surface area contributed by atoms with Gasteiger partial charge in [-0.3, -0.25) is 4.79 Å². The van der Waals surface area contributed by atoms with Crippen LogP contribution in [0.4, 0.5) is 5.69 Å². The molecule has 2 N–H and O–H groups in total. The molecule has 0 aliphatic rings. The number of carbonyl (C=O) groups is 1. The van der Waals surface area contributed by atoms with Gasteiger partial charge in [0.05, 0.1) is 7.11 Å². The Labute approximate surface area is 133 Å². The highest BCUT2D eigenvalue weighted by molar-refractivity contribution is 5.92. The molecule has 122 valence electrons. The van der Waals surface area contributed by atoms with Gasteiger partial charge in [0.1, 0.15) is 0 Å². The second-order valence-corrected chi connectivity index (χ2v) is 5.73. The lowest BCUT2D eigenvalue weighted by Gasteiger charge is -2.16. The number of methoxy groups -OCH3 is 1. The zero-order valence-corrected chi connectivity index (χ0v) is 13.9. The van der Waals surface area contributed by atoms with Gasteiger partial charge in [-0.15, -0.1) is 0 Å². The third-order valence-electron chi connectivity index (χ3n) is 3.59. The van der Waals surface area contributed by atoms with E-state index in [1.54, 1.807) is 12.1 Å². The van der Waals surface area contributed by atoms with Crippen molar-refractivity contribution in [3.05, 3.63) is 30.4 Å². The van der Waals surface area contributed by atoms with Crippen LogP contribution in [0.2, 0.25) is 0 Å². The van der Waals surface area contributed by atoms with Crippen LogP contribution in [0.3, 0.4) is 0 Å². The number of phenols is 1. The molecule has 0 fully saturated rings. The predicted octanol–water partition coefficient (Wildman–Crippen LogP) is 4.36. The van der Waals surface area contributed by atoms with E-state index in [1.807, 2.05) is 6.92 Å². The van der Waals surface area contributed by atoms with Gasteiger partial charge in [-0.25, -0.2) is 0 Å². The molecular weight excluding hydrogens is 278 g/mol. The molecule has 1 rings (SSSR count). The summed E-state index contributed by atoms with van der Waals surface area (Å²) in [5, 5.41) is 12.4. The van der Waals surface area contributed by atoms with Crippen LogP contribution in [-0.2, 0) is 4.79 Å². The summed E-state index contributed by atoms with van der Waals surface area (Å²) in [6.07, 6.45) is 7.23. The van der Waals surface area contributed by atoms with Crippen LogP contribution in [0, 0.1) is 11.8 Å². The van der Waals surface area contributed by atoms with Crippen LogP contribution in [0.15, 0.2) is 30.4 Å². The molecule has 22 heavy (non-hydrogen) atoms. The first-order valence-electron chi connectivity index (χ1n) is 7.80. The van der Waals surface area contributed by atoms with Crippen molar-refractivity contribution in [2.24, 2.45) is 11.8 Å². The molecule has 4 heteroatoms. The van der Waals surface area contributed by atoms with Crippen LogP contribution in [0.1, 0.15) is 40.0 Å². The van der Waals surface area contributed by atoms with E-state index in [4.69, 9.17) is 4.74 Å². The van der Waals surface area contributed by atoms with Crippen LogP contribution in [0.5, 0.6) is 11.5 Å². The maximum absolute atomic E-state index is 12.2. The maximum Gasteiger partial charge on any atom is 0.227 e. The second-order valence-electron chi connectivity index (χ2n) is 5.73. The zero-order chi connectivity index (χ0) is 16.5. The summed E-state index contributed by atoms with van der Waals surface area (Å²) in [6, 6.07) is 4.79. The fourth-order valence-electron chi connectivity index (χ4n) is 2.32. The molecule has 4 nitrogen and oxygen atoms in total. The minimum absolute atomic E-state index is 0.0148. The van der Waals surface area contributed by atoms with Crippen molar-refractivity contribution >= 4 is 11.6 Å². The minimum atomic E-state index is -0.0650. The highest BCUT2D eigenvalue weighted by atomic mass is 16.5. The van der Waals surface area contributed by atoms with E-state index in [0.29, 0.717) is 17.4 Å². The number of hydrogen-bond acceptors (Lipinski definition) is 3. The molecule has 0 heterocycles. The Bertz CT molecular complexity index is 511. The van der Waals surface area contributed by atoms with E-state index in [0.717, 1.165) is 19.3 Å². The van der Waals surface area contributed by atoms with E-state index in [1.165, 1.54) is 13.2 Å². The number of rotatable bonds is 8. The number of ether oxygens (including phenoxy) is 1. The summed E-state index contributed by atoms with van der Waals surface area (Å²) >= 11 is 0. The summed E-state index contributed by atoms with van der Waals surface area (Å²) in [6.45, 7) is 6.21. The van der Waals surface area contributed by atoms with E-state index in [9.17, 15) is 9.90 Å². The molecule has 0 spiro atoms. The fraction of sp³-hybridized carbons (Fsp3) is 0.500. The lowest BCUT2D eigenvalue weighted by Crippen LogP contribution is -2.22. The first-order valence-corrected chi connectivity index (χ1v) is 7.80.